The SMILES string of the molecule is Cc1cc(C(=O)NC2CCCN(CC(F)(F)F)C2=O)ccn1. The normalized spacial score (nSPS) is 19.2. The molecule has 1 aromatic heterocycles. The van der Waals surface area contributed by atoms with Gasteiger partial charge in [-0.25, -0.2) is 0 Å². The van der Waals surface area contributed by atoms with Crippen molar-refractivity contribution in [2.75, 3.05) is 13.1 Å². The highest BCUT2D eigenvalue weighted by Gasteiger charge is 2.37. The van der Waals surface area contributed by atoms with Gasteiger partial charge in [-0.2, -0.15) is 13.2 Å². The zero-order valence-electron chi connectivity index (χ0n) is 12.0. The molecule has 0 saturated carbocycles. The molecule has 1 unspecified atom stereocenters. The molecule has 0 aliphatic carbocycles. The minimum atomic E-state index is -4.44. The van der Waals surface area contributed by atoms with Crippen molar-refractivity contribution in [1.29, 1.82) is 0 Å². The van der Waals surface area contributed by atoms with Gasteiger partial charge in [0, 0.05) is 24.0 Å². The highest BCUT2D eigenvalue weighted by atomic mass is 19.4. The third kappa shape index (κ3) is 4.19. The topological polar surface area (TPSA) is 62.3 Å². The Hall–Kier alpha value is -2.12. The van der Waals surface area contributed by atoms with Crippen molar-refractivity contribution in [3.05, 3.63) is 29.6 Å². The molecule has 2 rings (SSSR count). The van der Waals surface area contributed by atoms with Gasteiger partial charge in [0.1, 0.15) is 12.6 Å². The van der Waals surface area contributed by atoms with E-state index in [0.29, 0.717) is 24.1 Å². The zero-order chi connectivity index (χ0) is 16.3. The largest absolute Gasteiger partial charge is 0.406 e. The van der Waals surface area contributed by atoms with E-state index in [9.17, 15) is 22.8 Å². The maximum absolute atomic E-state index is 12.4. The number of hydrogen-bond donors (Lipinski definition) is 1. The van der Waals surface area contributed by atoms with Crippen LogP contribution in [0.15, 0.2) is 18.3 Å². The number of hydrogen-bond acceptors (Lipinski definition) is 3. The molecule has 8 heteroatoms. The third-order valence-electron chi connectivity index (χ3n) is 3.36. The van der Waals surface area contributed by atoms with Gasteiger partial charge in [-0.1, -0.05) is 0 Å². The van der Waals surface area contributed by atoms with Crippen LogP contribution in [0.3, 0.4) is 0 Å². The molecule has 120 valence electrons. The Morgan fingerprint density at radius 1 is 1.50 bits per heavy atom. The van der Waals surface area contributed by atoms with Crippen molar-refractivity contribution in [3.8, 4) is 0 Å². The number of pyridine rings is 1. The molecule has 22 heavy (non-hydrogen) atoms. The van der Waals surface area contributed by atoms with Gasteiger partial charge in [-0.3, -0.25) is 14.6 Å². The van der Waals surface area contributed by atoms with E-state index in [-0.39, 0.29) is 6.54 Å². The average molecular weight is 315 g/mol. The lowest BCUT2D eigenvalue weighted by Gasteiger charge is -2.33. The maximum Gasteiger partial charge on any atom is 0.406 e. The number of carbonyl (C=O) groups is 2. The van der Waals surface area contributed by atoms with Crippen molar-refractivity contribution in [1.82, 2.24) is 15.2 Å². The Morgan fingerprint density at radius 2 is 2.23 bits per heavy atom. The van der Waals surface area contributed by atoms with Crippen LogP contribution in [-0.4, -0.2) is 47.0 Å². The quantitative estimate of drug-likeness (QED) is 0.923. The molecule has 0 bridgehead atoms. The fraction of sp³-hybridized carbons (Fsp3) is 0.500. The van der Waals surface area contributed by atoms with Gasteiger partial charge in [0.15, 0.2) is 0 Å². The summed E-state index contributed by atoms with van der Waals surface area (Å²) in [4.78, 5) is 28.8. The first-order valence-electron chi connectivity index (χ1n) is 6.85. The molecule has 0 spiro atoms. The van der Waals surface area contributed by atoms with Gasteiger partial charge in [0.2, 0.25) is 5.91 Å². The molecule has 1 atom stereocenters. The predicted molar refractivity (Wildman–Crippen MR) is 72.1 cm³/mol. The molecular weight excluding hydrogens is 299 g/mol. The van der Waals surface area contributed by atoms with Crippen LogP contribution < -0.4 is 5.32 Å². The van der Waals surface area contributed by atoms with E-state index >= 15 is 0 Å². The number of rotatable bonds is 3. The molecule has 1 fully saturated rings. The third-order valence-corrected chi connectivity index (χ3v) is 3.36. The monoisotopic (exact) mass is 315 g/mol. The smallest absolute Gasteiger partial charge is 0.340 e. The van der Waals surface area contributed by atoms with Crippen molar-refractivity contribution < 1.29 is 22.8 Å². The zero-order valence-corrected chi connectivity index (χ0v) is 12.0. The summed E-state index contributed by atoms with van der Waals surface area (Å²) in [6.07, 6.45) is -2.22. The first-order valence-corrected chi connectivity index (χ1v) is 6.85. The Morgan fingerprint density at radius 3 is 2.86 bits per heavy atom. The molecule has 0 aromatic carbocycles. The number of alkyl halides is 3. The van der Waals surface area contributed by atoms with Crippen LogP contribution in [0.1, 0.15) is 28.9 Å². The van der Waals surface area contributed by atoms with E-state index in [1.807, 2.05) is 0 Å². The molecule has 2 heterocycles. The summed E-state index contributed by atoms with van der Waals surface area (Å²) in [5, 5.41) is 2.50. The number of nitrogens with one attached hydrogen (secondary N) is 1. The van der Waals surface area contributed by atoms with Crippen LogP contribution in [0, 0.1) is 6.92 Å². The van der Waals surface area contributed by atoms with Gasteiger partial charge in [0.05, 0.1) is 0 Å². The molecule has 0 radical (unpaired) electrons. The summed E-state index contributed by atoms with van der Waals surface area (Å²) in [5.41, 5.74) is 0.967. The van der Waals surface area contributed by atoms with Crippen LogP contribution in [0.4, 0.5) is 13.2 Å². The number of nitrogens with zero attached hydrogens (tertiary/aromatic N) is 2. The van der Waals surface area contributed by atoms with E-state index in [2.05, 4.69) is 10.3 Å². The van der Waals surface area contributed by atoms with Gasteiger partial charge < -0.3 is 10.2 Å². The summed E-state index contributed by atoms with van der Waals surface area (Å²) in [5.74, 6) is -1.18. The minimum absolute atomic E-state index is 0.0546. The Labute approximate surface area is 125 Å². The lowest BCUT2D eigenvalue weighted by Crippen LogP contribution is -2.54. The van der Waals surface area contributed by atoms with E-state index in [1.165, 1.54) is 12.3 Å². The second-order valence-corrected chi connectivity index (χ2v) is 5.23. The number of aryl methyl sites for hydroxylation is 1. The Bertz CT molecular complexity index is 575. The van der Waals surface area contributed by atoms with E-state index in [1.54, 1.807) is 13.0 Å². The summed E-state index contributed by atoms with van der Waals surface area (Å²) in [7, 11) is 0. The molecule has 1 aromatic rings. The van der Waals surface area contributed by atoms with Crippen LogP contribution in [0.25, 0.3) is 0 Å². The first-order chi connectivity index (χ1) is 10.3. The predicted octanol–water partition coefficient (Wildman–Crippen LogP) is 1.67. The van der Waals surface area contributed by atoms with Gasteiger partial charge in [0.25, 0.3) is 5.91 Å². The lowest BCUT2D eigenvalue weighted by atomic mass is 10.0. The maximum atomic E-state index is 12.4. The van der Waals surface area contributed by atoms with E-state index in [0.717, 1.165) is 4.90 Å². The number of piperidine rings is 1. The molecular formula is C14H16F3N3O2. The van der Waals surface area contributed by atoms with Crippen molar-refractivity contribution in [2.24, 2.45) is 0 Å². The molecule has 2 amide bonds. The number of amides is 2. The van der Waals surface area contributed by atoms with Crippen LogP contribution in [0.5, 0.6) is 0 Å². The first kappa shape index (κ1) is 16.3. The average Bonchev–Trinajstić information content (AvgIpc) is 2.42. The molecule has 1 N–H and O–H groups in total. The minimum Gasteiger partial charge on any atom is -0.340 e. The van der Waals surface area contributed by atoms with E-state index < -0.39 is 30.6 Å². The highest BCUT2D eigenvalue weighted by molar-refractivity contribution is 5.97. The van der Waals surface area contributed by atoms with Crippen LogP contribution in [-0.2, 0) is 4.79 Å². The van der Waals surface area contributed by atoms with Gasteiger partial charge in [-0.05, 0) is 31.9 Å². The van der Waals surface area contributed by atoms with Gasteiger partial charge >= 0.3 is 6.18 Å². The van der Waals surface area contributed by atoms with Crippen molar-refractivity contribution in [2.45, 2.75) is 32.0 Å². The summed E-state index contributed by atoms with van der Waals surface area (Å²) >= 11 is 0. The lowest BCUT2D eigenvalue weighted by molar-refractivity contribution is -0.164. The van der Waals surface area contributed by atoms with E-state index in [4.69, 9.17) is 0 Å². The summed E-state index contributed by atoms with van der Waals surface area (Å²) in [6, 6.07) is 2.12. The number of likely N-dealkylation sites (tertiary alicyclic amines) is 1. The van der Waals surface area contributed by atoms with Gasteiger partial charge in [-0.15, -0.1) is 0 Å². The summed E-state index contributed by atoms with van der Waals surface area (Å²) in [6.45, 7) is 0.485. The standard InChI is InChI=1S/C14H16F3N3O2/c1-9-7-10(4-5-18-9)12(21)19-11-3-2-6-20(13(11)22)8-14(15,16)17/h4-5,7,11H,2-3,6,8H2,1H3,(H,19,21). The Balaban J connectivity index is 2.03. The molecule has 1 aliphatic rings. The van der Waals surface area contributed by atoms with Crippen LogP contribution in [0.2, 0.25) is 0 Å². The second-order valence-electron chi connectivity index (χ2n) is 5.23. The van der Waals surface area contributed by atoms with Crippen LogP contribution >= 0.6 is 0 Å². The van der Waals surface area contributed by atoms with Crippen molar-refractivity contribution in [3.63, 3.8) is 0 Å². The summed E-state index contributed by atoms with van der Waals surface area (Å²) < 4.78 is 37.3. The Kier molecular flexibility index (Phi) is 4.68. The molecule has 1 aliphatic heterocycles. The highest BCUT2D eigenvalue weighted by Crippen LogP contribution is 2.20. The second kappa shape index (κ2) is 6.33. The molecule has 5 nitrogen and oxygen atoms in total. The number of carbonyl (C=O) groups excluding carboxylic acids is 2. The fourth-order valence-corrected chi connectivity index (χ4v) is 2.38. The fourth-order valence-electron chi connectivity index (χ4n) is 2.38. The molecule has 1 saturated heterocycles. The van der Waals surface area contributed by atoms with Crippen molar-refractivity contribution >= 4 is 11.8 Å². The number of halogens is 3. The number of aromatic nitrogens is 1.